The van der Waals surface area contributed by atoms with Crippen molar-refractivity contribution in [1.29, 1.82) is 0 Å². The summed E-state index contributed by atoms with van der Waals surface area (Å²) in [4.78, 5) is 13.6. The molecule has 0 spiro atoms. The van der Waals surface area contributed by atoms with Gasteiger partial charge >= 0.3 is 6.18 Å². The molecule has 0 saturated heterocycles. The van der Waals surface area contributed by atoms with Crippen LogP contribution in [0.1, 0.15) is 11.1 Å². The Morgan fingerprint density at radius 2 is 1.44 bits per heavy atom. The van der Waals surface area contributed by atoms with Crippen LogP contribution in [0, 0.1) is 0 Å². The molecule has 174 valence electrons. The summed E-state index contributed by atoms with van der Waals surface area (Å²) < 4.78 is 64.0. The minimum absolute atomic E-state index is 0.109. The van der Waals surface area contributed by atoms with Gasteiger partial charge in [-0.15, -0.1) is 0 Å². The van der Waals surface area contributed by atoms with Gasteiger partial charge in [-0.3, -0.25) is 4.79 Å². The predicted octanol–water partition coefficient (Wildman–Crippen LogP) is 5.05. The lowest BCUT2D eigenvalue weighted by Crippen LogP contribution is -2.25. The van der Waals surface area contributed by atoms with Crippen LogP contribution in [0.2, 0.25) is 0 Å². The molecule has 0 aliphatic carbocycles. The van der Waals surface area contributed by atoms with Gasteiger partial charge in [-0.25, -0.2) is 13.1 Å². The number of nitrogens with zero attached hydrogens (tertiary/aromatic N) is 2. The van der Waals surface area contributed by atoms with E-state index in [1.807, 2.05) is 30.3 Å². The van der Waals surface area contributed by atoms with Crippen molar-refractivity contribution in [3.8, 4) is 22.3 Å². The molecule has 5 nitrogen and oxygen atoms in total. The highest BCUT2D eigenvalue weighted by molar-refractivity contribution is 7.90. The first-order chi connectivity index (χ1) is 16.0. The highest BCUT2D eigenvalue weighted by atomic mass is 32.2. The Morgan fingerprint density at radius 1 is 0.853 bits per heavy atom. The van der Waals surface area contributed by atoms with Crippen LogP contribution in [-0.4, -0.2) is 24.5 Å². The topological polar surface area (TPSA) is 69.0 Å². The van der Waals surface area contributed by atoms with E-state index in [9.17, 15) is 26.4 Å². The molecule has 0 aliphatic rings. The number of hydrogen-bond donors (Lipinski definition) is 0. The maximum absolute atomic E-state index is 13.5. The second kappa shape index (κ2) is 8.90. The standard InChI is InChI=1S/C25H19F3N2O3S/c1-34(32,33)21-13-9-18(10-14-21)22-15-29-30(16-17-5-3-2-4-6-17)24(31)23(22)19-7-11-20(12-8-19)25(26,27)28/h2-15H,16H2,1H3. The molecule has 34 heavy (non-hydrogen) atoms. The molecule has 0 saturated carbocycles. The summed E-state index contributed by atoms with van der Waals surface area (Å²) in [5.41, 5.74) is 0.895. The zero-order chi connectivity index (χ0) is 24.5. The van der Waals surface area contributed by atoms with Crippen molar-refractivity contribution in [3.63, 3.8) is 0 Å². The van der Waals surface area contributed by atoms with E-state index in [2.05, 4.69) is 5.10 Å². The number of hydrogen-bond acceptors (Lipinski definition) is 4. The molecule has 0 unspecified atom stereocenters. The highest BCUT2D eigenvalue weighted by Gasteiger charge is 2.30. The summed E-state index contributed by atoms with van der Waals surface area (Å²) in [6, 6.07) is 19.4. The van der Waals surface area contributed by atoms with E-state index in [-0.39, 0.29) is 17.0 Å². The van der Waals surface area contributed by atoms with Crippen LogP contribution in [0.3, 0.4) is 0 Å². The minimum atomic E-state index is -4.51. The number of halogens is 3. The Morgan fingerprint density at radius 3 is 2.00 bits per heavy atom. The summed E-state index contributed by atoms with van der Waals surface area (Å²) in [7, 11) is -3.42. The Kier molecular flexibility index (Phi) is 6.14. The van der Waals surface area contributed by atoms with E-state index in [1.165, 1.54) is 35.1 Å². The zero-order valence-electron chi connectivity index (χ0n) is 18.0. The molecule has 9 heteroatoms. The molecule has 0 bridgehead atoms. The van der Waals surface area contributed by atoms with Gasteiger partial charge in [0.15, 0.2) is 9.84 Å². The molecular weight excluding hydrogens is 465 g/mol. The summed E-state index contributed by atoms with van der Waals surface area (Å²) in [6.07, 6.45) is -1.96. The first kappa shape index (κ1) is 23.4. The largest absolute Gasteiger partial charge is 0.416 e. The Bertz CT molecular complexity index is 1480. The van der Waals surface area contributed by atoms with Crippen LogP contribution < -0.4 is 5.56 Å². The smallest absolute Gasteiger partial charge is 0.267 e. The van der Waals surface area contributed by atoms with Crippen molar-refractivity contribution in [1.82, 2.24) is 9.78 Å². The van der Waals surface area contributed by atoms with Gasteiger partial charge in [-0.05, 0) is 41.0 Å². The van der Waals surface area contributed by atoms with Crippen molar-refractivity contribution in [2.45, 2.75) is 17.6 Å². The Hall–Kier alpha value is -3.72. The molecule has 4 rings (SSSR count). The van der Waals surface area contributed by atoms with Crippen LogP contribution >= 0.6 is 0 Å². The van der Waals surface area contributed by atoms with E-state index in [0.717, 1.165) is 24.0 Å². The Balaban J connectivity index is 1.87. The number of rotatable bonds is 5. The van der Waals surface area contributed by atoms with Crippen molar-refractivity contribution >= 4 is 9.84 Å². The maximum Gasteiger partial charge on any atom is 0.416 e. The fourth-order valence-electron chi connectivity index (χ4n) is 3.56. The number of alkyl halides is 3. The molecular formula is C25H19F3N2O3S. The van der Waals surface area contributed by atoms with Crippen molar-refractivity contribution in [3.05, 3.63) is 107 Å². The van der Waals surface area contributed by atoms with Crippen molar-refractivity contribution in [2.24, 2.45) is 0 Å². The number of aromatic nitrogens is 2. The van der Waals surface area contributed by atoms with Gasteiger partial charge in [0.05, 0.1) is 28.8 Å². The normalized spacial score (nSPS) is 12.0. The lowest BCUT2D eigenvalue weighted by atomic mass is 9.96. The molecule has 3 aromatic carbocycles. The number of sulfone groups is 1. The number of benzene rings is 3. The molecule has 1 aromatic heterocycles. The summed E-state index contributed by atoms with van der Waals surface area (Å²) in [5, 5.41) is 4.27. The molecule has 0 fully saturated rings. The van der Waals surface area contributed by atoms with Crippen LogP contribution in [0.15, 0.2) is 94.7 Å². The third kappa shape index (κ3) is 4.94. The highest BCUT2D eigenvalue weighted by Crippen LogP contribution is 2.33. The lowest BCUT2D eigenvalue weighted by Gasteiger charge is -2.14. The van der Waals surface area contributed by atoms with Crippen LogP contribution in [-0.2, 0) is 22.6 Å². The monoisotopic (exact) mass is 484 g/mol. The molecule has 1 heterocycles. The van der Waals surface area contributed by atoms with Crippen LogP contribution in [0.5, 0.6) is 0 Å². The second-order valence-corrected chi connectivity index (χ2v) is 9.77. The minimum Gasteiger partial charge on any atom is -0.267 e. The van der Waals surface area contributed by atoms with Crippen LogP contribution in [0.4, 0.5) is 13.2 Å². The van der Waals surface area contributed by atoms with Gasteiger partial charge in [0.25, 0.3) is 5.56 Å². The van der Waals surface area contributed by atoms with Gasteiger partial charge in [-0.1, -0.05) is 54.6 Å². The van der Waals surface area contributed by atoms with Crippen molar-refractivity contribution in [2.75, 3.05) is 6.26 Å². The quantitative estimate of drug-likeness (QED) is 0.398. The van der Waals surface area contributed by atoms with Gasteiger partial charge in [-0.2, -0.15) is 18.3 Å². The summed E-state index contributed by atoms with van der Waals surface area (Å²) in [6.45, 7) is 0.181. The SMILES string of the molecule is CS(=O)(=O)c1ccc(-c2cnn(Cc3ccccc3)c(=O)c2-c2ccc(C(F)(F)F)cc2)cc1. The molecule has 0 N–H and O–H groups in total. The lowest BCUT2D eigenvalue weighted by molar-refractivity contribution is -0.137. The Labute approximate surface area is 194 Å². The van der Waals surface area contributed by atoms with Gasteiger partial charge < -0.3 is 0 Å². The maximum atomic E-state index is 13.5. The van der Waals surface area contributed by atoms with E-state index in [4.69, 9.17) is 0 Å². The molecule has 0 atom stereocenters. The third-order valence-corrected chi connectivity index (χ3v) is 6.44. The fraction of sp³-hybridized carbons (Fsp3) is 0.120. The van der Waals surface area contributed by atoms with E-state index in [0.29, 0.717) is 16.7 Å². The van der Waals surface area contributed by atoms with Crippen LogP contribution in [0.25, 0.3) is 22.3 Å². The van der Waals surface area contributed by atoms with Crippen molar-refractivity contribution < 1.29 is 21.6 Å². The van der Waals surface area contributed by atoms with Gasteiger partial charge in [0, 0.05) is 11.8 Å². The van der Waals surface area contributed by atoms with E-state index < -0.39 is 27.1 Å². The molecule has 0 radical (unpaired) electrons. The summed E-state index contributed by atoms with van der Waals surface area (Å²) >= 11 is 0. The molecule has 0 amide bonds. The zero-order valence-corrected chi connectivity index (χ0v) is 18.8. The average molecular weight is 484 g/mol. The first-order valence-corrected chi connectivity index (χ1v) is 12.1. The third-order valence-electron chi connectivity index (χ3n) is 5.31. The van der Waals surface area contributed by atoms with E-state index >= 15 is 0 Å². The fourth-order valence-corrected chi connectivity index (χ4v) is 4.19. The molecule has 0 aliphatic heterocycles. The predicted molar refractivity (Wildman–Crippen MR) is 123 cm³/mol. The van der Waals surface area contributed by atoms with Gasteiger partial charge in [0.2, 0.25) is 0 Å². The molecule has 4 aromatic rings. The average Bonchev–Trinajstić information content (AvgIpc) is 2.80. The summed E-state index contributed by atoms with van der Waals surface area (Å²) in [5.74, 6) is 0. The second-order valence-electron chi connectivity index (χ2n) is 7.75. The van der Waals surface area contributed by atoms with E-state index in [1.54, 1.807) is 12.1 Å². The first-order valence-electron chi connectivity index (χ1n) is 10.2. The van der Waals surface area contributed by atoms with Gasteiger partial charge in [0.1, 0.15) is 0 Å².